The van der Waals surface area contributed by atoms with Gasteiger partial charge in [0, 0.05) is 12.5 Å². The molecule has 0 unspecified atom stereocenters. The molecule has 0 N–H and O–H groups in total. The van der Waals surface area contributed by atoms with Crippen molar-refractivity contribution < 1.29 is 28.7 Å². The van der Waals surface area contributed by atoms with Gasteiger partial charge in [-0.05, 0) is 37.1 Å². The first-order valence-corrected chi connectivity index (χ1v) is 10.5. The van der Waals surface area contributed by atoms with Gasteiger partial charge in [0.2, 0.25) is 0 Å². The lowest BCUT2D eigenvalue weighted by molar-refractivity contribution is -0.385. The largest absolute Gasteiger partial charge is 0.488 e. The van der Waals surface area contributed by atoms with Crippen molar-refractivity contribution >= 4 is 17.4 Å². The lowest BCUT2D eigenvalue weighted by Crippen LogP contribution is -2.13. The smallest absolute Gasteiger partial charge is 0.342 e. The minimum absolute atomic E-state index is 0.0417. The van der Waals surface area contributed by atoms with E-state index >= 15 is 0 Å². The van der Waals surface area contributed by atoms with Gasteiger partial charge in [-0.25, -0.2) is 4.79 Å². The molecule has 0 spiro atoms. The van der Waals surface area contributed by atoms with E-state index in [0.717, 1.165) is 0 Å². The van der Waals surface area contributed by atoms with Gasteiger partial charge in [0.15, 0.2) is 5.78 Å². The highest BCUT2D eigenvalue weighted by atomic mass is 16.6. The average Bonchev–Trinajstić information content (AvgIpc) is 2.81. The number of nitrogens with zero attached hydrogens (tertiary/aromatic N) is 1. The summed E-state index contributed by atoms with van der Waals surface area (Å²) in [7, 11) is 0. The molecule has 0 fully saturated rings. The molecule has 2 rings (SSSR count). The highest BCUT2D eigenvalue weighted by molar-refractivity contribution is 6.01. The Morgan fingerprint density at radius 3 is 2.00 bits per heavy atom. The molecule has 2 aromatic rings. The number of carbonyl (C=O) groups is 2. The molecular formula is C26H27NO7. The van der Waals surface area contributed by atoms with Crippen LogP contribution in [0.4, 0.5) is 5.69 Å². The fraction of sp³-hybridized carbons (Fsp3) is 0.231. The standard InChI is InChI=1S/C26H27NO7/c1-6-13-32-24-17(4)19(9-10-21(24)26(29)34-15-8-3)16-23(28)20-11-12-22(27(30)31)18(5)25(20)33-14-7-2/h6-12H,1-3,13-16H2,4-5H3. The molecule has 178 valence electrons. The zero-order valence-electron chi connectivity index (χ0n) is 19.3. The molecule has 0 radical (unpaired) electrons. The maximum atomic E-state index is 13.2. The van der Waals surface area contributed by atoms with Crippen molar-refractivity contribution in [2.24, 2.45) is 0 Å². The normalized spacial score (nSPS) is 10.2. The Bertz CT molecular complexity index is 1130. The van der Waals surface area contributed by atoms with Crippen LogP contribution < -0.4 is 9.47 Å². The molecule has 0 aromatic heterocycles. The van der Waals surface area contributed by atoms with Crippen LogP contribution in [0.5, 0.6) is 11.5 Å². The number of ketones is 1. The molecule has 0 aliphatic rings. The maximum Gasteiger partial charge on any atom is 0.342 e. The molecule has 0 atom stereocenters. The quantitative estimate of drug-likeness (QED) is 0.133. The number of nitro benzene ring substituents is 1. The van der Waals surface area contributed by atoms with Crippen LogP contribution in [0, 0.1) is 24.0 Å². The second kappa shape index (κ2) is 12.2. The van der Waals surface area contributed by atoms with E-state index in [1.807, 2.05) is 0 Å². The van der Waals surface area contributed by atoms with E-state index in [2.05, 4.69) is 19.7 Å². The van der Waals surface area contributed by atoms with Crippen molar-refractivity contribution in [3.8, 4) is 11.5 Å². The summed E-state index contributed by atoms with van der Waals surface area (Å²) in [5.41, 5.74) is 1.76. The number of rotatable bonds is 13. The van der Waals surface area contributed by atoms with Gasteiger partial charge in [-0.1, -0.05) is 44.0 Å². The van der Waals surface area contributed by atoms with Gasteiger partial charge in [-0.15, -0.1) is 0 Å². The molecule has 0 heterocycles. The second-order valence-corrected chi connectivity index (χ2v) is 7.26. The zero-order chi connectivity index (χ0) is 25.3. The van der Waals surface area contributed by atoms with Crippen molar-refractivity contribution in [2.45, 2.75) is 20.3 Å². The van der Waals surface area contributed by atoms with Gasteiger partial charge in [0.25, 0.3) is 5.69 Å². The molecule has 8 nitrogen and oxygen atoms in total. The number of esters is 1. The monoisotopic (exact) mass is 465 g/mol. The van der Waals surface area contributed by atoms with Crippen LogP contribution in [0.1, 0.15) is 37.4 Å². The van der Waals surface area contributed by atoms with Crippen molar-refractivity contribution in [1.82, 2.24) is 0 Å². The Kier molecular flexibility index (Phi) is 9.31. The maximum absolute atomic E-state index is 13.2. The Balaban J connectivity index is 2.47. The van der Waals surface area contributed by atoms with Gasteiger partial charge in [-0.2, -0.15) is 0 Å². The summed E-state index contributed by atoms with van der Waals surface area (Å²) in [6.45, 7) is 14.3. The summed E-state index contributed by atoms with van der Waals surface area (Å²) in [5, 5.41) is 11.3. The van der Waals surface area contributed by atoms with E-state index in [1.165, 1.54) is 37.3 Å². The Morgan fingerprint density at radius 2 is 1.44 bits per heavy atom. The molecule has 0 saturated heterocycles. The van der Waals surface area contributed by atoms with Crippen molar-refractivity contribution in [1.29, 1.82) is 0 Å². The van der Waals surface area contributed by atoms with Gasteiger partial charge in [-0.3, -0.25) is 14.9 Å². The summed E-state index contributed by atoms with van der Waals surface area (Å²) in [5.74, 6) is -0.449. The number of benzene rings is 2. The average molecular weight is 466 g/mol. The van der Waals surface area contributed by atoms with E-state index < -0.39 is 10.9 Å². The van der Waals surface area contributed by atoms with Crippen LogP contribution in [-0.2, 0) is 11.2 Å². The first kappa shape index (κ1) is 26.1. The van der Waals surface area contributed by atoms with Crippen LogP contribution in [0.3, 0.4) is 0 Å². The number of carbonyl (C=O) groups excluding carboxylic acids is 2. The Hall–Kier alpha value is -4.20. The van der Waals surface area contributed by atoms with Crippen LogP contribution >= 0.6 is 0 Å². The van der Waals surface area contributed by atoms with E-state index in [4.69, 9.17) is 14.2 Å². The highest BCUT2D eigenvalue weighted by Gasteiger charge is 2.24. The molecular weight excluding hydrogens is 438 g/mol. The van der Waals surface area contributed by atoms with Crippen LogP contribution in [-0.4, -0.2) is 36.5 Å². The van der Waals surface area contributed by atoms with Crippen LogP contribution in [0.15, 0.2) is 62.2 Å². The third kappa shape index (κ3) is 5.98. The lowest BCUT2D eigenvalue weighted by atomic mass is 9.95. The van der Waals surface area contributed by atoms with E-state index in [0.29, 0.717) is 16.9 Å². The highest BCUT2D eigenvalue weighted by Crippen LogP contribution is 2.34. The van der Waals surface area contributed by atoms with E-state index in [1.54, 1.807) is 19.1 Å². The Morgan fingerprint density at radius 1 is 0.882 bits per heavy atom. The fourth-order valence-corrected chi connectivity index (χ4v) is 3.32. The predicted molar refractivity (Wildman–Crippen MR) is 129 cm³/mol. The van der Waals surface area contributed by atoms with Gasteiger partial charge in [0.05, 0.1) is 16.1 Å². The number of hydrogen-bond donors (Lipinski definition) is 0. The fourth-order valence-electron chi connectivity index (χ4n) is 3.32. The number of ether oxygens (including phenoxy) is 3. The molecule has 0 amide bonds. The van der Waals surface area contributed by atoms with E-state index in [-0.39, 0.29) is 60.2 Å². The predicted octanol–water partition coefficient (Wildman–Crippen LogP) is 5.11. The second-order valence-electron chi connectivity index (χ2n) is 7.26. The van der Waals surface area contributed by atoms with Crippen molar-refractivity contribution in [3.63, 3.8) is 0 Å². The Labute approximate surface area is 198 Å². The summed E-state index contributed by atoms with van der Waals surface area (Å²) in [6, 6.07) is 5.86. The van der Waals surface area contributed by atoms with Gasteiger partial charge >= 0.3 is 5.97 Å². The molecule has 0 aliphatic heterocycles. The molecule has 34 heavy (non-hydrogen) atoms. The van der Waals surface area contributed by atoms with Crippen molar-refractivity contribution in [2.75, 3.05) is 19.8 Å². The van der Waals surface area contributed by atoms with E-state index in [9.17, 15) is 19.7 Å². The molecule has 0 bridgehead atoms. The number of hydrogen-bond acceptors (Lipinski definition) is 7. The molecule has 0 saturated carbocycles. The zero-order valence-corrected chi connectivity index (χ0v) is 19.3. The number of Topliss-reactive ketones (excluding diaryl/α,β-unsaturated/α-hetero) is 1. The molecule has 2 aromatic carbocycles. The molecule has 8 heteroatoms. The third-order valence-corrected chi connectivity index (χ3v) is 4.99. The molecule has 0 aliphatic carbocycles. The SMILES string of the molecule is C=CCOC(=O)c1ccc(CC(=O)c2ccc([N+](=O)[O-])c(C)c2OCC=C)c(C)c1OCC=C. The topological polar surface area (TPSA) is 105 Å². The van der Waals surface area contributed by atoms with Crippen LogP contribution in [0.2, 0.25) is 0 Å². The third-order valence-electron chi connectivity index (χ3n) is 4.99. The summed E-state index contributed by atoms with van der Waals surface area (Å²) >= 11 is 0. The lowest BCUT2D eigenvalue weighted by Gasteiger charge is -2.17. The first-order valence-electron chi connectivity index (χ1n) is 10.5. The summed E-state index contributed by atoms with van der Waals surface area (Å²) < 4.78 is 16.5. The van der Waals surface area contributed by atoms with Crippen molar-refractivity contribution in [3.05, 3.63) is 100 Å². The minimum Gasteiger partial charge on any atom is -0.488 e. The summed E-state index contributed by atoms with van der Waals surface area (Å²) in [4.78, 5) is 36.5. The number of nitro groups is 1. The first-order chi connectivity index (χ1) is 16.3. The van der Waals surface area contributed by atoms with Gasteiger partial charge < -0.3 is 14.2 Å². The minimum atomic E-state index is -0.578. The summed E-state index contributed by atoms with van der Waals surface area (Å²) in [6.07, 6.45) is 4.45. The van der Waals surface area contributed by atoms with Crippen LogP contribution in [0.25, 0.3) is 0 Å². The van der Waals surface area contributed by atoms with Gasteiger partial charge in [0.1, 0.15) is 36.9 Å².